The van der Waals surface area contributed by atoms with Crippen LogP contribution in [0.5, 0.6) is 5.75 Å². The van der Waals surface area contributed by atoms with Gasteiger partial charge in [0, 0.05) is 18.2 Å². The van der Waals surface area contributed by atoms with Crippen molar-refractivity contribution in [3.8, 4) is 5.75 Å². The molecule has 2 nitrogen and oxygen atoms in total. The van der Waals surface area contributed by atoms with E-state index < -0.39 is 0 Å². The average molecular weight is 311 g/mol. The molecule has 18 heavy (non-hydrogen) atoms. The van der Waals surface area contributed by atoms with Crippen molar-refractivity contribution in [2.24, 2.45) is 0 Å². The van der Waals surface area contributed by atoms with E-state index in [4.69, 9.17) is 9.47 Å². The van der Waals surface area contributed by atoms with E-state index in [0.717, 1.165) is 30.5 Å². The van der Waals surface area contributed by atoms with Crippen molar-refractivity contribution in [2.75, 3.05) is 6.61 Å². The van der Waals surface area contributed by atoms with Crippen LogP contribution in [-0.4, -0.2) is 18.3 Å². The van der Waals surface area contributed by atoms with Crippen LogP contribution in [0, 0.1) is 0 Å². The molecule has 1 aromatic rings. The molecule has 1 aromatic carbocycles. The Morgan fingerprint density at radius 1 is 1.28 bits per heavy atom. The van der Waals surface area contributed by atoms with Crippen molar-refractivity contribution in [3.63, 3.8) is 0 Å². The lowest BCUT2D eigenvalue weighted by atomic mass is 9.74. The zero-order valence-electron chi connectivity index (χ0n) is 10.5. The first-order valence-electron chi connectivity index (χ1n) is 6.75. The van der Waals surface area contributed by atoms with Gasteiger partial charge in [-0.1, -0.05) is 28.1 Å². The highest BCUT2D eigenvalue weighted by Gasteiger charge is 2.43. The number of hydrogen-bond donors (Lipinski definition) is 0. The van der Waals surface area contributed by atoms with E-state index >= 15 is 0 Å². The summed E-state index contributed by atoms with van der Waals surface area (Å²) in [4.78, 5) is 0. The SMILES string of the molecule is BrCc1ccc(OC2CCOC3(CCC3)C2)cc1. The molecule has 1 heterocycles. The van der Waals surface area contributed by atoms with Crippen LogP contribution in [0.25, 0.3) is 0 Å². The molecule has 0 aromatic heterocycles. The summed E-state index contributed by atoms with van der Waals surface area (Å²) in [6.45, 7) is 0.851. The zero-order valence-corrected chi connectivity index (χ0v) is 12.1. The fourth-order valence-electron chi connectivity index (χ4n) is 2.85. The van der Waals surface area contributed by atoms with Gasteiger partial charge in [0.15, 0.2) is 0 Å². The summed E-state index contributed by atoms with van der Waals surface area (Å²) in [6, 6.07) is 8.37. The van der Waals surface area contributed by atoms with Gasteiger partial charge in [0.25, 0.3) is 0 Å². The van der Waals surface area contributed by atoms with Crippen molar-refractivity contribution >= 4 is 15.9 Å². The number of hydrogen-bond acceptors (Lipinski definition) is 2. The summed E-state index contributed by atoms with van der Waals surface area (Å²) in [5.74, 6) is 0.987. The molecule has 1 atom stereocenters. The Kier molecular flexibility index (Phi) is 3.62. The van der Waals surface area contributed by atoms with Crippen LogP contribution in [0.1, 0.15) is 37.7 Å². The Morgan fingerprint density at radius 2 is 2.06 bits per heavy atom. The highest BCUT2D eigenvalue weighted by Crippen LogP contribution is 2.43. The maximum absolute atomic E-state index is 6.09. The third-order valence-corrected chi connectivity index (χ3v) is 4.74. The molecule has 1 aliphatic carbocycles. The van der Waals surface area contributed by atoms with E-state index in [0.29, 0.717) is 6.10 Å². The fourth-order valence-corrected chi connectivity index (χ4v) is 3.23. The second-order valence-electron chi connectivity index (χ2n) is 5.40. The van der Waals surface area contributed by atoms with Gasteiger partial charge in [-0.05, 0) is 37.0 Å². The predicted molar refractivity (Wildman–Crippen MR) is 75.3 cm³/mol. The first-order chi connectivity index (χ1) is 8.80. The predicted octanol–water partition coefficient (Wildman–Crippen LogP) is 4.06. The second-order valence-corrected chi connectivity index (χ2v) is 5.96. The van der Waals surface area contributed by atoms with Gasteiger partial charge in [0.2, 0.25) is 0 Å². The molecule has 0 N–H and O–H groups in total. The highest BCUT2D eigenvalue weighted by molar-refractivity contribution is 9.08. The molecule has 3 rings (SSSR count). The lowest BCUT2D eigenvalue weighted by Crippen LogP contribution is -2.48. The van der Waals surface area contributed by atoms with Gasteiger partial charge in [-0.2, -0.15) is 0 Å². The van der Waals surface area contributed by atoms with Gasteiger partial charge in [0.1, 0.15) is 11.9 Å². The van der Waals surface area contributed by atoms with E-state index in [2.05, 4.69) is 40.2 Å². The van der Waals surface area contributed by atoms with Crippen molar-refractivity contribution < 1.29 is 9.47 Å². The fraction of sp³-hybridized carbons (Fsp3) is 0.600. The molecule has 3 heteroatoms. The van der Waals surface area contributed by atoms with Gasteiger partial charge in [-0.15, -0.1) is 0 Å². The summed E-state index contributed by atoms with van der Waals surface area (Å²) in [5.41, 5.74) is 1.45. The molecule has 1 aliphatic heterocycles. The van der Waals surface area contributed by atoms with Crippen LogP contribution < -0.4 is 4.74 Å². The molecule has 1 spiro atoms. The quantitative estimate of drug-likeness (QED) is 0.784. The monoisotopic (exact) mass is 310 g/mol. The van der Waals surface area contributed by atoms with E-state index in [1.807, 2.05) is 0 Å². The number of halogens is 1. The Balaban J connectivity index is 1.61. The largest absolute Gasteiger partial charge is 0.490 e. The van der Waals surface area contributed by atoms with Crippen LogP contribution >= 0.6 is 15.9 Å². The third kappa shape index (κ3) is 2.57. The summed E-state index contributed by atoms with van der Waals surface area (Å²) < 4.78 is 12.0. The normalized spacial score (nSPS) is 25.7. The molecular weight excluding hydrogens is 292 g/mol. The highest BCUT2D eigenvalue weighted by atomic mass is 79.9. The van der Waals surface area contributed by atoms with Crippen LogP contribution in [0.3, 0.4) is 0 Å². The minimum absolute atomic E-state index is 0.165. The minimum Gasteiger partial charge on any atom is -0.490 e. The van der Waals surface area contributed by atoms with Crippen molar-refractivity contribution in [1.82, 2.24) is 0 Å². The Hall–Kier alpha value is -0.540. The molecule has 98 valence electrons. The summed E-state index contributed by atoms with van der Waals surface area (Å²) in [7, 11) is 0. The van der Waals surface area contributed by atoms with Crippen LogP contribution in [0.2, 0.25) is 0 Å². The standard InChI is InChI=1S/C15H19BrO2/c16-11-12-2-4-13(5-3-12)18-14-6-9-17-15(10-14)7-1-8-15/h2-5,14H,1,6-11H2. The smallest absolute Gasteiger partial charge is 0.119 e. The van der Waals surface area contributed by atoms with Gasteiger partial charge in [-0.25, -0.2) is 0 Å². The lowest BCUT2D eigenvalue weighted by Gasteiger charge is -2.46. The molecule has 1 saturated carbocycles. The summed E-state index contributed by atoms with van der Waals surface area (Å²) >= 11 is 3.46. The Bertz CT molecular complexity index is 397. The summed E-state index contributed by atoms with van der Waals surface area (Å²) in [5, 5.41) is 0.896. The third-order valence-electron chi connectivity index (χ3n) is 4.09. The first-order valence-corrected chi connectivity index (χ1v) is 7.87. The summed E-state index contributed by atoms with van der Waals surface area (Å²) in [6.07, 6.45) is 6.15. The Morgan fingerprint density at radius 3 is 2.67 bits per heavy atom. The number of ether oxygens (including phenoxy) is 2. The molecule has 1 unspecified atom stereocenters. The molecule has 0 amide bonds. The van der Waals surface area contributed by atoms with Gasteiger partial charge < -0.3 is 9.47 Å². The molecular formula is C15H19BrO2. The maximum Gasteiger partial charge on any atom is 0.119 e. The van der Waals surface area contributed by atoms with Crippen LogP contribution in [0.4, 0.5) is 0 Å². The van der Waals surface area contributed by atoms with Gasteiger partial charge in [-0.3, -0.25) is 0 Å². The minimum atomic E-state index is 0.165. The Labute approximate surface area is 117 Å². The van der Waals surface area contributed by atoms with Gasteiger partial charge in [0.05, 0.1) is 12.2 Å². The van der Waals surface area contributed by atoms with Crippen LogP contribution in [0.15, 0.2) is 24.3 Å². The van der Waals surface area contributed by atoms with Crippen LogP contribution in [-0.2, 0) is 10.1 Å². The number of benzene rings is 1. The van der Waals surface area contributed by atoms with E-state index in [-0.39, 0.29) is 5.60 Å². The molecule has 0 bridgehead atoms. The zero-order chi connectivity index (χ0) is 12.4. The van der Waals surface area contributed by atoms with Gasteiger partial charge >= 0.3 is 0 Å². The first kappa shape index (κ1) is 12.5. The molecule has 2 aliphatic rings. The lowest BCUT2D eigenvalue weighted by molar-refractivity contribution is -0.153. The second kappa shape index (κ2) is 5.22. The maximum atomic E-state index is 6.09. The van der Waals surface area contributed by atoms with Crippen molar-refractivity contribution in [1.29, 1.82) is 0 Å². The average Bonchev–Trinajstić information content (AvgIpc) is 2.38. The molecule has 0 radical (unpaired) electrons. The van der Waals surface area contributed by atoms with E-state index in [9.17, 15) is 0 Å². The van der Waals surface area contributed by atoms with E-state index in [1.165, 1.54) is 24.8 Å². The van der Waals surface area contributed by atoms with Crippen molar-refractivity contribution in [3.05, 3.63) is 29.8 Å². The van der Waals surface area contributed by atoms with Crippen molar-refractivity contribution in [2.45, 2.75) is 49.1 Å². The molecule has 1 saturated heterocycles. The number of rotatable bonds is 3. The van der Waals surface area contributed by atoms with E-state index in [1.54, 1.807) is 0 Å². The topological polar surface area (TPSA) is 18.5 Å². The molecule has 2 fully saturated rings. The number of alkyl halides is 1.